The van der Waals surface area contributed by atoms with E-state index in [1.807, 2.05) is 13.2 Å². The van der Waals surface area contributed by atoms with Gasteiger partial charge in [-0.15, -0.1) is 24.0 Å². The van der Waals surface area contributed by atoms with E-state index < -0.39 is 12.8 Å². The second kappa shape index (κ2) is 11.6. The Morgan fingerprint density at radius 1 is 1.34 bits per heavy atom. The monoisotopic (exact) mass is 569 g/mol. The van der Waals surface area contributed by atoms with E-state index in [4.69, 9.17) is 14.2 Å². The van der Waals surface area contributed by atoms with Gasteiger partial charge in [0.05, 0.1) is 26.5 Å². The minimum absolute atomic E-state index is 0. The highest BCUT2D eigenvalue weighted by atomic mass is 127. The third kappa shape index (κ3) is 7.15. The molecule has 1 atom stereocenters. The molecule has 1 unspecified atom stereocenters. The van der Waals surface area contributed by atoms with Gasteiger partial charge in [0.1, 0.15) is 6.10 Å². The molecule has 8 nitrogen and oxygen atoms in total. The Morgan fingerprint density at radius 3 is 2.75 bits per heavy atom. The lowest BCUT2D eigenvalue weighted by molar-refractivity contribution is -0.153. The number of ether oxygens (including phenoxy) is 3. The van der Waals surface area contributed by atoms with Gasteiger partial charge in [-0.25, -0.2) is 0 Å². The number of methoxy groups -OCH3 is 1. The number of morpholine rings is 1. The standard InChI is InChI=1S/C20H26F3N5O3.HI/c1-24-19(28-6-7-30-18(12-28)15-10-26-27(2)11-15)25-9-14-4-5-16(17(8-14)29-3)31-13-20(21,22)23;/h4-5,8,10-11,18H,6-7,9,12-13H2,1-3H3,(H,24,25);1H. The van der Waals surface area contributed by atoms with Crippen LogP contribution in [0.15, 0.2) is 35.6 Å². The highest BCUT2D eigenvalue weighted by Crippen LogP contribution is 2.30. The molecule has 32 heavy (non-hydrogen) atoms. The van der Waals surface area contributed by atoms with Crippen molar-refractivity contribution in [2.75, 3.05) is 40.5 Å². The third-order valence-corrected chi connectivity index (χ3v) is 4.74. The van der Waals surface area contributed by atoms with Crippen LogP contribution in [0.3, 0.4) is 0 Å². The Balaban J connectivity index is 0.00000363. The number of hydrogen-bond donors (Lipinski definition) is 1. The number of benzene rings is 1. The molecule has 0 amide bonds. The Labute approximate surface area is 201 Å². The number of rotatable bonds is 6. The summed E-state index contributed by atoms with van der Waals surface area (Å²) in [4.78, 5) is 6.45. The highest BCUT2D eigenvalue weighted by Gasteiger charge is 2.29. The summed E-state index contributed by atoms with van der Waals surface area (Å²) in [7, 11) is 4.95. The topological polar surface area (TPSA) is 73.1 Å². The number of nitrogens with zero attached hydrogens (tertiary/aromatic N) is 4. The lowest BCUT2D eigenvalue weighted by Crippen LogP contribution is -2.47. The average molecular weight is 569 g/mol. The average Bonchev–Trinajstić information content (AvgIpc) is 3.19. The van der Waals surface area contributed by atoms with Crippen LogP contribution in [-0.4, -0.2) is 67.3 Å². The molecule has 178 valence electrons. The van der Waals surface area contributed by atoms with E-state index in [0.29, 0.717) is 32.2 Å². The molecule has 0 radical (unpaired) electrons. The van der Waals surface area contributed by atoms with Gasteiger partial charge in [0.25, 0.3) is 0 Å². The van der Waals surface area contributed by atoms with Crippen molar-refractivity contribution in [3.8, 4) is 11.5 Å². The summed E-state index contributed by atoms with van der Waals surface area (Å²) in [6.07, 6.45) is -0.798. The fraction of sp³-hybridized carbons (Fsp3) is 0.500. The van der Waals surface area contributed by atoms with Crippen molar-refractivity contribution < 1.29 is 27.4 Å². The van der Waals surface area contributed by atoms with Crippen LogP contribution in [0.25, 0.3) is 0 Å². The Kier molecular flexibility index (Phi) is 9.43. The molecule has 1 aliphatic heterocycles. The Hall–Kier alpha value is -2.22. The Bertz CT molecular complexity index is 907. The van der Waals surface area contributed by atoms with Gasteiger partial charge in [0.2, 0.25) is 0 Å². The number of aryl methyl sites for hydroxylation is 1. The lowest BCUT2D eigenvalue weighted by atomic mass is 10.1. The number of aromatic nitrogens is 2. The zero-order valence-electron chi connectivity index (χ0n) is 18.1. The van der Waals surface area contributed by atoms with Crippen LogP contribution < -0.4 is 14.8 Å². The molecule has 0 aliphatic carbocycles. The molecule has 2 heterocycles. The lowest BCUT2D eigenvalue weighted by Gasteiger charge is -2.34. The third-order valence-electron chi connectivity index (χ3n) is 4.74. The van der Waals surface area contributed by atoms with Crippen LogP contribution in [0.5, 0.6) is 11.5 Å². The second-order valence-electron chi connectivity index (χ2n) is 7.04. The van der Waals surface area contributed by atoms with Gasteiger partial charge in [-0.1, -0.05) is 6.07 Å². The molecule has 12 heteroatoms. The first-order valence-electron chi connectivity index (χ1n) is 9.71. The van der Waals surface area contributed by atoms with E-state index in [0.717, 1.165) is 11.1 Å². The molecule has 2 aromatic rings. The van der Waals surface area contributed by atoms with E-state index in [2.05, 4.69) is 20.3 Å². The van der Waals surface area contributed by atoms with Crippen molar-refractivity contribution in [3.63, 3.8) is 0 Å². The quantitative estimate of drug-likeness (QED) is 0.328. The van der Waals surface area contributed by atoms with E-state index in [9.17, 15) is 13.2 Å². The number of aliphatic imine (C=N–C) groups is 1. The van der Waals surface area contributed by atoms with Gasteiger partial charge in [-0.2, -0.15) is 18.3 Å². The number of guanidine groups is 1. The zero-order valence-corrected chi connectivity index (χ0v) is 20.4. The maximum Gasteiger partial charge on any atom is 0.422 e. The molecule has 1 fully saturated rings. The second-order valence-corrected chi connectivity index (χ2v) is 7.04. The van der Waals surface area contributed by atoms with E-state index in [1.165, 1.54) is 13.2 Å². The molecular weight excluding hydrogens is 542 g/mol. The van der Waals surface area contributed by atoms with Crippen molar-refractivity contribution in [1.29, 1.82) is 0 Å². The number of alkyl halides is 3. The Morgan fingerprint density at radius 2 is 2.12 bits per heavy atom. The first-order chi connectivity index (χ1) is 14.8. The van der Waals surface area contributed by atoms with E-state index in [-0.39, 0.29) is 41.6 Å². The molecule has 0 saturated carbocycles. The largest absolute Gasteiger partial charge is 0.493 e. The number of hydrogen-bond acceptors (Lipinski definition) is 5. The number of nitrogens with one attached hydrogen (secondary N) is 1. The molecule has 1 saturated heterocycles. The summed E-state index contributed by atoms with van der Waals surface area (Å²) in [5.74, 6) is 0.982. The van der Waals surface area contributed by atoms with Crippen LogP contribution in [0.2, 0.25) is 0 Å². The molecule has 1 N–H and O–H groups in total. The summed E-state index contributed by atoms with van der Waals surface area (Å²) < 4.78 is 54.8. The normalized spacial score (nSPS) is 17.0. The fourth-order valence-electron chi connectivity index (χ4n) is 3.26. The minimum Gasteiger partial charge on any atom is -0.493 e. The summed E-state index contributed by atoms with van der Waals surface area (Å²) >= 11 is 0. The van der Waals surface area contributed by atoms with E-state index >= 15 is 0 Å². The minimum atomic E-state index is -4.41. The van der Waals surface area contributed by atoms with Crippen LogP contribution >= 0.6 is 24.0 Å². The SMILES string of the molecule is CN=C(NCc1ccc(OCC(F)(F)F)c(OC)c1)N1CCOC(c2cnn(C)c2)C1.I. The summed E-state index contributed by atoms with van der Waals surface area (Å²) in [6, 6.07) is 4.80. The maximum absolute atomic E-state index is 12.4. The maximum atomic E-state index is 12.4. The summed E-state index contributed by atoms with van der Waals surface area (Å²) in [5.41, 5.74) is 1.82. The van der Waals surface area contributed by atoms with Crippen molar-refractivity contribution in [3.05, 3.63) is 41.7 Å². The van der Waals surface area contributed by atoms with Gasteiger partial charge in [-0.05, 0) is 17.7 Å². The van der Waals surface area contributed by atoms with Gasteiger partial charge < -0.3 is 24.4 Å². The molecule has 0 bridgehead atoms. The molecule has 3 rings (SSSR count). The first-order valence-corrected chi connectivity index (χ1v) is 9.71. The van der Waals surface area contributed by atoms with Crippen molar-refractivity contribution in [2.24, 2.45) is 12.0 Å². The summed E-state index contributed by atoms with van der Waals surface area (Å²) in [6.45, 7) is 0.905. The van der Waals surface area contributed by atoms with Crippen molar-refractivity contribution in [2.45, 2.75) is 18.8 Å². The van der Waals surface area contributed by atoms with Gasteiger partial charge in [-0.3, -0.25) is 9.67 Å². The van der Waals surface area contributed by atoms with Gasteiger partial charge in [0, 0.05) is 38.9 Å². The fourth-order valence-corrected chi connectivity index (χ4v) is 3.26. The van der Waals surface area contributed by atoms with E-state index in [1.54, 1.807) is 30.1 Å². The molecule has 0 spiro atoms. The molecule has 1 aromatic carbocycles. The molecular formula is C20H27F3IN5O3. The number of halogens is 4. The predicted molar refractivity (Wildman–Crippen MR) is 124 cm³/mol. The van der Waals surface area contributed by atoms with Crippen LogP contribution in [-0.2, 0) is 18.3 Å². The molecule has 1 aromatic heterocycles. The van der Waals surface area contributed by atoms with Crippen molar-refractivity contribution in [1.82, 2.24) is 20.0 Å². The zero-order chi connectivity index (χ0) is 22.4. The summed E-state index contributed by atoms with van der Waals surface area (Å²) in [5, 5.41) is 7.48. The van der Waals surface area contributed by atoms with Crippen LogP contribution in [0.1, 0.15) is 17.2 Å². The smallest absolute Gasteiger partial charge is 0.422 e. The van der Waals surface area contributed by atoms with Gasteiger partial charge in [0.15, 0.2) is 24.1 Å². The van der Waals surface area contributed by atoms with Gasteiger partial charge >= 0.3 is 6.18 Å². The van der Waals surface area contributed by atoms with Crippen LogP contribution in [0.4, 0.5) is 13.2 Å². The predicted octanol–water partition coefficient (Wildman–Crippen LogP) is 3.14. The first kappa shape index (κ1) is 26.0. The van der Waals surface area contributed by atoms with Crippen molar-refractivity contribution >= 4 is 29.9 Å². The molecule has 1 aliphatic rings. The highest BCUT2D eigenvalue weighted by molar-refractivity contribution is 14.0. The van der Waals surface area contributed by atoms with Crippen LogP contribution in [0, 0.1) is 0 Å².